The van der Waals surface area contributed by atoms with E-state index < -0.39 is 27.4 Å². The van der Waals surface area contributed by atoms with Crippen LogP contribution in [0.4, 0.5) is 0 Å². The molecule has 1 aromatic carbocycles. The van der Waals surface area contributed by atoms with Gasteiger partial charge in [0.25, 0.3) is 5.91 Å². The Bertz CT molecular complexity index is 692. The maximum Gasteiger partial charge on any atom is 0.330 e. The van der Waals surface area contributed by atoms with Crippen molar-refractivity contribution >= 4 is 21.9 Å². The number of carbonyl (C=O) groups is 2. The molecule has 7 nitrogen and oxygen atoms in total. The van der Waals surface area contributed by atoms with Gasteiger partial charge >= 0.3 is 5.97 Å². The number of hydrogen-bond acceptors (Lipinski definition) is 5. The van der Waals surface area contributed by atoms with E-state index in [2.05, 4.69) is 10.1 Å². The lowest BCUT2D eigenvalue weighted by Crippen LogP contribution is -2.50. The van der Waals surface area contributed by atoms with Gasteiger partial charge in [-0.25, -0.2) is 13.2 Å². The van der Waals surface area contributed by atoms with Gasteiger partial charge in [-0.1, -0.05) is 13.8 Å². The molecule has 1 aromatic rings. The van der Waals surface area contributed by atoms with E-state index in [1.807, 2.05) is 0 Å². The first-order valence-electron chi connectivity index (χ1n) is 7.61. The Labute approximate surface area is 143 Å². The molecular weight excluding hydrogens is 332 g/mol. The molecule has 8 heteroatoms. The van der Waals surface area contributed by atoms with Gasteiger partial charge in [-0.05, 0) is 38.1 Å². The summed E-state index contributed by atoms with van der Waals surface area (Å²) in [6, 6.07) is 5.60. The second kappa shape index (κ2) is 7.76. The van der Waals surface area contributed by atoms with Crippen LogP contribution in [0.5, 0.6) is 0 Å². The molecule has 0 unspecified atom stereocenters. The number of benzene rings is 1. The van der Waals surface area contributed by atoms with Crippen LogP contribution in [0.1, 0.15) is 38.1 Å². The Morgan fingerprint density at radius 3 is 2.04 bits per heavy atom. The molecule has 0 saturated heterocycles. The number of carbonyl (C=O) groups excluding carboxylic acids is 2. The third kappa shape index (κ3) is 4.33. The van der Waals surface area contributed by atoms with E-state index in [1.165, 1.54) is 49.5 Å². The molecule has 0 radical (unpaired) electrons. The molecule has 0 heterocycles. The minimum atomic E-state index is -3.57. The smallest absolute Gasteiger partial charge is 0.330 e. The second-order valence-corrected chi connectivity index (χ2v) is 7.62. The summed E-state index contributed by atoms with van der Waals surface area (Å²) in [5.41, 5.74) is -0.928. The van der Waals surface area contributed by atoms with Crippen LogP contribution in [0.2, 0.25) is 0 Å². The molecular formula is C16H24N2O5S. The van der Waals surface area contributed by atoms with Crippen LogP contribution >= 0.6 is 0 Å². The molecule has 0 aliphatic carbocycles. The molecule has 0 saturated carbocycles. The zero-order chi connectivity index (χ0) is 18.5. The number of methoxy groups -OCH3 is 1. The van der Waals surface area contributed by atoms with Gasteiger partial charge in [0.1, 0.15) is 5.54 Å². The highest BCUT2D eigenvalue weighted by atomic mass is 32.2. The number of nitrogens with zero attached hydrogens (tertiary/aromatic N) is 1. The average molecular weight is 356 g/mol. The number of hydrogen-bond donors (Lipinski definition) is 1. The molecule has 0 fully saturated rings. The molecule has 0 atom stereocenters. The molecule has 0 spiro atoms. The molecule has 1 amide bonds. The standard InChI is InChI=1S/C16H24N2O5S/c1-6-18(7-2)24(21,22)13-10-8-12(9-11-13)14(19)17-16(3,4)15(20)23-5/h8-11H,6-7H2,1-5H3,(H,17,19). The first-order valence-corrected chi connectivity index (χ1v) is 9.05. The average Bonchev–Trinajstić information content (AvgIpc) is 2.54. The number of ether oxygens (including phenoxy) is 1. The number of nitrogens with one attached hydrogen (secondary N) is 1. The lowest BCUT2D eigenvalue weighted by Gasteiger charge is -2.23. The first kappa shape index (κ1) is 20.1. The number of sulfonamides is 1. The van der Waals surface area contributed by atoms with Gasteiger partial charge < -0.3 is 10.1 Å². The van der Waals surface area contributed by atoms with Crippen molar-refractivity contribution in [2.75, 3.05) is 20.2 Å². The van der Waals surface area contributed by atoms with Gasteiger partial charge in [0.2, 0.25) is 10.0 Å². The summed E-state index contributed by atoms with van der Waals surface area (Å²) in [5, 5.41) is 2.55. The second-order valence-electron chi connectivity index (χ2n) is 5.68. The highest BCUT2D eigenvalue weighted by molar-refractivity contribution is 7.89. The minimum Gasteiger partial charge on any atom is -0.467 e. The van der Waals surface area contributed by atoms with Crippen LogP contribution in [-0.2, 0) is 19.6 Å². The summed E-state index contributed by atoms with van der Waals surface area (Å²) >= 11 is 0. The van der Waals surface area contributed by atoms with Crippen molar-refractivity contribution in [3.05, 3.63) is 29.8 Å². The molecule has 24 heavy (non-hydrogen) atoms. The van der Waals surface area contributed by atoms with Gasteiger partial charge in [-0.3, -0.25) is 4.79 Å². The SMILES string of the molecule is CCN(CC)S(=O)(=O)c1ccc(C(=O)NC(C)(C)C(=O)OC)cc1. The highest BCUT2D eigenvalue weighted by Crippen LogP contribution is 2.17. The summed E-state index contributed by atoms with van der Waals surface area (Å²) in [4.78, 5) is 23.9. The van der Waals surface area contributed by atoms with Crippen LogP contribution in [0.3, 0.4) is 0 Å². The first-order chi connectivity index (χ1) is 11.1. The van der Waals surface area contributed by atoms with Crippen LogP contribution in [0.25, 0.3) is 0 Å². The number of amides is 1. The van der Waals surface area contributed by atoms with Crippen molar-refractivity contribution in [2.45, 2.75) is 38.1 Å². The van der Waals surface area contributed by atoms with Crippen LogP contribution in [0.15, 0.2) is 29.2 Å². The Balaban J connectivity index is 3.00. The third-order valence-electron chi connectivity index (χ3n) is 3.58. The normalized spacial score (nSPS) is 12.1. The van der Waals surface area contributed by atoms with Crippen molar-refractivity contribution in [2.24, 2.45) is 0 Å². The van der Waals surface area contributed by atoms with Crippen molar-refractivity contribution in [3.63, 3.8) is 0 Å². The topological polar surface area (TPSA) is 92.8 Å². The van der Waals surface area contributed by atoms with E-state index in [0.29, 0.717) is 13.1 Å². The fourth-order valence-corrected chi connectivity index (χ4v) is 3.61. The van der Waals surface area contributed by atoms with Gasteiger partial charge in [-0.15, -0.1) is 0 Å². The van der Waals surface area contributed by atoms with E-state index in [9.17, 15) is 18.0 Å². The highest BCUT2D eigenvalue weighted by Gasteiger charge is 2.31. The number of esters is 1. The Hall–Kier alpha value is -1.93. The van der Waals surface area contributed by atoms with Gasteiger partial charge in [0.15, 0.2) is 0 Å². The van der Waals surface area contributed by atoms with E-state index in [4.69, 9.17) is 0 Å². The largest absolute Gasteiger partial charge is 0.467 e. The molecule has 134 valence electrons. The Morgan fingerprint density at radius 1 is 1.12 bits per heavy atom. The molecule has 0 bridgehead atoms. The zero-order valence-electron chi connectivity index (χ0n) is 14.6. The Kier molecular flexibility index (Phi) is 6.50. The Morgan fingerprint density at radius 2 is 1.62 bits per heavy atom. The summed E-state index contributed by atoms with van der Waals surface area (Å²) in [6.45, 7) is 7.31. The minimum absolute atomic E-state index is 0.120. The van der Waals surface area contributed by atoms with Crippen molar-refractivity contribution in [3.8, 4) is 0 Å². The fraction of sp³-hybridized carbons (Fsp3) is 0.500. The van der Waals surface area contributed by atoms with E-state index in [-0.39, 0.29) is 10.5 Å². The van der Waals surface area contributed by atoms with Crippen molar-refractivity contribution in [1.29, 1.82) is 0 Å². The van der Waals surface area contributed by atoms with Crippen LogP contribution in [-0.4, -0.2) is 50.3 Å². The lowest BCUT2D eigenvalue weighted by atomic mass is 10.1. The summed E-state index contributed by atoms with van der Waals surface area (Å²) < 4.78 is 30.8. The molecule has 0 aliphatic rings. The van der Waals surface area contributed by atoms with Crippen molar-refractivity contribution in [1.82, 2.24) is 9.62 Å². The van der Waals surface area contributed by atoms with Gasteiger partial charge in [0.05, 0.1) is 12.0 Å². The predicted octanol–water partition coefficient (Wildman–Crippen LogP) is 1.40. The fourth-order valence-electron chi connectivity index (χ4n) is 2.15. The van der Waals surface area contributed by atoms with E-state index >= 15 is 0 Å². The summed E-state index contributed by atoms with van der Waals surface area (Å²) in [7, 11) is -2.33. The molecule has 0 aromatic heterocycles. The maximum absolute atomic E-state index is 12.4. The van der Waals surface area contributed by atoms with Gasteiger partial charge in [-0.2, -0.15) is 4.31 Å². The molecule has 1 N–H and O–H groups in total. The zero-order valence-corrected chi connectivity index (χ0v) is 15.4. The van der Waals surface area contributed by atoms with E-state index in [0.717, 1.165) is 0 Å². The summed E-state index contributed by atoms with van der Waals surface area (Å²) in [6.07, 6.45) is 0. The monoisotopic (exact) mass is 356 g/mol. The third-order valence-corrected chi connectivity index (χ3v) is 5.65. The number of rotatable bonds is 7. The molecule has 1 rings (SSSR count). The lowest BCUT2D eigenvalue weighted by molar-refractivity contribution is -0.146. The van der Waals surface area contributed by atoms with E-state index in [1.54, 1.807) is 13.8 Å². The quantitative estimate of drug-likeness (QED) is 0.746. The molecule has 0 aliphatic heterocycles. The predicted molar refractivity (Wildman–Crippen MR) is 90.1 cm³/mol. The van der Waals surface area contributed by atoms with Crippen molar-refractivity contribution < 1.29 is 22.7 Å². The van der Waals surface area contributed by atoms with Crippen LogP contribution in [0, 0.1) is 0 Å². The summed E-state index contributed by atoms with van der Waals surface area (Å²) in [5.74, 6) is -1.06. The maximum atomic E-state index is 12.4. The van der Waals surface area contributed by atoms with Crippen LogP contribution < -0.4 is 5.32 Å². The van der Waals surface area contributed by atoms with Gasteiger partial charge in [0, 0.05) is 18.7 Å².